The Labute approximate surface area is 144 Å². The van der Waals surface area contributed by atoms with Gasteiger partial charge in [0.15, 0.2) is 5.79 Å². The molecule has 0 aromatic heterocycles. The van der Waals surface area contributed by atoms with Crippen LogP contribution < -0.4 is 5.32 Å². The summed E-state index contributed by atoms with van der Waals surface area (Å²) in [7, 11) is 0. The van der Waals surface area contributed by atoms with Gasteiger partial charge in [0.25, 0.3) is 0 Å². The van der Waals surface area contributed by atoms with Crippen LogP contribution in [-0.4, -0.2) is 48.8 Å². The molecule has 2 fully saturated rings. The molecule has 2 amide bonds. The van der Waals surface area contributed by atoms with Crippen molar-refractivity contribution in [2.75, 3.05) is 32.1 Å². The molecule has 3 heterocycles. The quantitative estimate of drug-likeness (QED) is 0.844. The van der Waals surface area contributed by atoms with Crippen molar-refractivity contribution in [1.29, 1.82) is 0 Å². The fourth-order valence-corrected chi connectivity index (χ4v) is 4.75. The highest BCUT2D eigenvalue weighted by Gasteiger charge is 2.41. The molecule has 0 aliphatic carbocycles. The molecule has 24 heavy (non-hydrogen) atoms. The zero-order valence-corrected chi connectivity index (χ0v) is 14.2. The SMILES string of the molecule is O=C(NC1CCSc2c(F)cccc21)N1CCC2(CC1)OCCO2. The number of ether oxygens (including phenoxy) is 2. The lowest BCUT2D eigenvalue weighted by Gasteiger charge is -2.38. The van der Waals surface area contributed by atoms with E-state index in [2.05, 4.69) is 5.32 Å². The van der Waals surface area contributed by atoms with Gasteiger partial charge in [0.2, 0.25) is 0 Å². The van der Waals surface area contributed by atoms with Gasteiger partial charge in [-0.05, 0) is 18.1 Å². The van der Waals surface area contributed by atoms with Gasteiger partial charge < -0.3 is 19.7 Å². The summed E-state index contributed by atoms with van der Waals surface area (Å²) in [5.41, 5.74) is 0.885. The third-order valence-electron chi connectivity index (χ3n) is 4.95. The third kappa shape index (κ3) is 3.00. The second kappa shape index (κ2) is 6.54. The number of carbonyl (C=O) groups is 1. The number of carbonyl (C=O) groups excluding carboxylic acids is 1. The molecule has 3 aliphatic heterocycles. The number of nitrogens with zero attached hydrogens (tertiary/aromatic N) is 1. The molecule has 1 N–H and O–H groups in total. The second-order valence-electron chi connectivity index (χ2n) is 6.39. The van der Waals surface area contributed by atoms with Gasteiger partial charge in [0.1, 0.15) is 5.82 Å². The van der Waals surface area contributed by atoms with Crippen LogP contribution in [0.25, 0.3) is 0 Å². The Kier molecular flexibility index (Phi) is 4.40. The normalized spacial score (nSPS) is 25.5. The van der Waals surface area contributed by atoms with Crippen molar-refractivity contribution in [2.24, 2.45) is 0 Å². The number of likely N-dealkylation sites (tertiary alicyclic amines) is 1. The average molecular weight is 352 g/mol. The molecule has 3 aliphatic rings. The monoisotopic (exact) mass is 352 g/mol. The molecular formula is C17H21FN2O3S. The zero-order valence-electron chi connectivity index (χ0n) is 13.4. The highest BCUT2D eigenvalue weighted by molar-refractivity contribution is 7.99. The van der Waals surface area contributed by atoms with Crippen LogP contribution >= 0.6 is 11.8 Å². The van der Waals surface area contributed by atoms with E-state index in [0.29, 0.717) is 44.0 Å². The van der Waals surface area contributed by atoms with Crippen molar-refractivity contribution < 1.29 is 18.7 Å². The Morgan fingerprint density at radius 3 is 2.79 bits per heavy atom. The number of halogens is 1. The summed E-state index contributed by atoms with van der Waals surface area (Å²) < 4.78 is 25.3. The van der Waals surface area contributed by atoms with E-state index in [4.69, 9.17) is 9.47 Å². The number of piperidine rings is 1. The lowest BCUT2D eigenvalue weighted by Crippen LogP contribution is -2.51. The van der Waals surface area contributed by atoms with E-state index in [0.717, 1.165) is 17.7 Å². The van der Waals surface area contributed by atoms with Gasteiger partial charge in [-0.25, -0.2) is 9.18 Å². The van der Waals surface area contributed by atoms with E-state index in [1.54, 1.807) is 11.0 Å². The van der Waals surface area contributed by atoms with E-state index in [9.17, 15) is 9.18 Å². The van der Waals surface area contributed by atoms with Crippen molar-refractivity contribution >= 4 is 17.8 Å². The maximum Gasteiger partial charge on any atom is 0.317 e. The molecule has 130 valence electrons. The number of hydrogen-bond acceptors (Lipinski definition) is 4. The van der Waals surface area contributed by atoms with Crippen LogP contribution in [0.4, 0.5) is 9.18 Å². The maximum atomic E-state index is 13.9. The molecule has 4 rings (SSSR count). The molecule has 0 radical (unpaired) electrons. The lowest BCUT2D eigenvalue weighted by atomic mass is 10.0. The fourth-order valence-electron chi connectivity index (χ4n) is 3.61. The van der Waals surface area contributed by atoms with Crippen molar-refractivity contribution in [3.05, 3.63) is 29.6 Å². The molecule has 1 aromatic carbocycles. The van der Waals surface area contributed by atoms with Crippen LogP contribution in [0.5, 0.6) is 0 Å². The van der Waals surface area contributed by atoms with Crippen LogP contribution in [0, 0.1) is 5.82 Å². The number of nitrogens with one attached hydrogen (secondary N) is 1. The Morgan fingerprint density at radius 1 is 1.29 bits per heavy atom. The first-order chi connectivity index (χ1) is 11.7. The number of hydrogen-bond donors (Lipinski definition) is 1. The highest BCUT2D eigenvalue weighted by atomic mass is 32.2. The molecule has 2 saturated heterocycles. The zero-order chi connectivity index (χ0) is 16.6. The largest absolute Gasteiger partial charge is 0.347 e. The van der Waals surface area contributed by atoms with Gasteiger partial charge in [0.05, 0.1) is 19.3 Å². The van der Waals surface area contributed by atoms with Crippen LogP contribution in [0.2, 0.25) is 0 Å². The molecule has 7 heteroatoms. The van der Waals surface area contributed by atoms with Crippen LogP contribution in [0.3, 0.4) is 0 Å². The van der Waals surface area contributed by atoms with E-state index in [1.807, 2.05) is 6.07 Å². The topological polar surface area (TPSA) is 50.8 Å². The number of rotatable bonds is 1. The van der Waals surface area contributed by atoms with Crippen LogP contribution in [-0.2, 0) is 9.47 Å². The average Bonchev–Trinajstić information content (AvgIpc) is 3.04. The summed E-state index contributed by atoms with van der Waals surface area (Å²) in [5, 5.41) is 3.08. The highest BCUT2D eigenvalue weighted by Crippen LogP contribution is 2.38. The molecule has 1 aromatic rings. The van der Waals surface area contributed by atoms with E-state index < -0.39 is 5.79 Å². The first-order valence-corrected chi connectivity index (χ1v) is 9.40. The summed E-state index contributed by atoms with van der Waals surface area (Å²) in [6.45, 7) is 2.50. The molecular weight excluding hydrogens is 331 g/mol. The number of benzene rings is 1. The first-order valence-electron chi connectivity index (χ1n) is 8.41. The lowest BCUT2D eigenvalue weighted by molar-refractivity contribution is -0.181. The smallest absolute Gasteiger partial charge is 0.317 e. The second-order valence-corrected chi connectivity index (χ2v) is 7.50. The summed E-state index contributed by atoms with van der Waals surface area (Å²) in [5.74, 6) is 0.129. The Bertz CT molecular complexity index is 626. The van der Waals surface area contributed by atoms with Crippen LogP contribution in [0.15, 0.2) is 23.1 Å². The van der Waals surface area contributed by atoms with Gasteiger partial charge in [-0.1, -0.05) is 12.1 Å². The molecule has 1 unspecified atom stereocenters. The molecule has 1 atom stereocenters. The minimum atomic E-state index is -0.478. The van der Waals surface area contributed by atoms with Crippen molar-refractivity contribution in [3.8, 4) is 0 Å². The predicted molar refractivity (Wildman–Crippen MR) is 88.5 cm³/mol. The number of thioether (sulfide) groups is 1. The van der Waals surface area contributed by atoms with Crippen molar-refractivity contribution in [3.63, 3.8) is 0 Å². The van der Waals surface area contributed by atoms with E-state index in [1.165, 1.54) is 17.8 Å². The molecule has 1 spiro atoms. The first kappa shape index (κ1) is 16.2. The van der Waals surface area contributed by atoms with Crippen molar-refractivity contribution in [2.45, 2.75) is 36.0 Å². The van der Waals surface area contributed by atoms with Gasteiger partial charge in [-0.3, -0.25) is 0 Å². The fraction of sp³-hybridized carbons (Fsp3) is 0.588. The van der Waals surface area contributed by atoms with Gasteiger partial charge in [-0.2, -0.15) is 0 Å². The number of fused-ring (bicyclic) bond motifs is 1. The Hall–Kier alpha value is -1.31. The van der Waals surface area contributed by atoms with Crippen LogP contribution in [0.1, 0.15) is 30.9 Å². The number of amides is 2. The van der Waals surface area contributed by atoms with Gasteiger partial charge in [-0.15, -0.1) is 11.8 Å². The summed E-state index contributed by atoms with van der Waals surface area (Å²) in [6, 6.07) is 4.87. The predicted octanol–water partition coefficient (Wildman–Crippen LogP) is 2.91. The molecule has 5 nitrogen and oxygen atoms in total. The minimum Gasteiger partial charge on any atom is -0.347 e. The summed E-state index contributed by atoms with van der Waals surface area (Å²) in [4.78, 5) is 15.1. The summed E-state index contributed by atoms with van der Waals surface area (Å²) >= 11 is 1.52. The maximum absolute atomic E-state index is 13.9. The standard InChI is InChI=1S/C17H21FN2O3S/c18-13-3-1-2-12-14(4-11-24-15(12)13)19-16(21)20-7-5-17(6-8-20)22-9-10-23-17/h1-3,14H,4-11H2,(H,19,21). The minimum absolute atomic E-state index is 0.0880. The van der Waals surface area contributed by atoms with E-state index in [-0.39, 0.29) is 17.9 Å². The summed E-state index contributed by atoms with van der Waals surface area (Å²) in [6.07, 6.45) is 2.22. The third-order valence-corrected chi connectivity index (χ3v) is 6.11. The molecule has 0 bridgehead atoms. The Morgan fingerprint density at radius 2 is 2.04 bits per heavy atom. The molecule has 0 saturated carbocycles. The van der Waals surface area contributed by atoms with Crippen molar-refractivity contribution in [1.82, 2.24) is 10.2 Å². The van der Waals surface area contributed by atoms with Gasteiger partial charge in [0, 0.05) is 36.6 Å². The van der Waals surface area contributed by atoms with Gasteiger partial charge >= 0.3 is 6.03 Å². The number of urea groups is 1. The Balaban J connectivity index is 1.40. The van der Waals surface area contributed by atoms with E-state index >= 15 is 0 Å².